The summed E-state index contributed by atoms with van der Waals surface area (Å²) in [6.45, 7) is 0.0965. The number of ether oxygens (including phenoxy) is 1. The van der Waals surface area contributed by atoms with Crippen molar-refractivity contribution in [1.82, 2.24) is 0 Å². The van der Waals surface area contributed by atoms with Gasteiger partial charge in [0.15, 0.2) is 0 Å². The maximum Gasteiger partial charge on any atom is 0.131 e. The second kappa shape index (κ2) is 8.61. The number of hydrogen-bond acceptors (Lipinski definition) is 2. The van der Waals surface area contributed by atoms with Gasteiger partial charge in [-0.2, -0.15) is 0 Å². The zero-order chi connectivity index (χ0) is 17.6. The maximum atomic E-state index is 13.8. The van der Waals surface area contributed by atoms with Gasteiger partial charge in [0.2, 0.25) is 0 Å². The predicted molar refractivity (Wildman–Crippen MR) is 103 cm³/mol. The molecule has 0 amide bonds. The van der Waals surface area contributed by atoms with Crippen LogP contribution >= 0.6 is 35.0 Å². The van der Waals surface area contributed by atoms with Crippen LogP contribution in [0, 0.1) is 5.82 Å². The highest BCUT2D eigenvalue weighted by molar-refractivity contribution is 7.98. The zero-order valence-electron chi connectivity index (χ0n) is 13.2. The Morgan fingerprint density at radius 1 is 0.920 bits per heavy atom. The topological polar surface area (TPSA) is 9.23 Å². The van der Waals surface area contributed by atoms with Gasteiger partial charge >= 0.3 is 0 Å². The van der Waals surface area contributed by atoms with E-state index in [4.69, 9.17) is 27.9 Å². The molecule has 3 rings (SSSR count). The van der Waals surface area contributed by atoms with Crippen LogP contribution in [0.25, 0.3) is 0 Å². The van der Waals surface area contributed by atoms with Crippen molar-refractivity contribution in [3.63, 3.8) is 0 Å². The molecule has 0 saturated heterocycles. The van der Waals surface area contributed by atoms with Crippen LogP contribution in [0.1, 0.15) is 11.1 Å². The summed E-state index contributed by atoms with van der Waals surface area (Å²) in [6.07, 6.45) is 0. The molecule has 0 N–H and O–H groups in total. The third-order valence-corrected chi connectivity index (χ3v) is 5.25. The van der Waals surface area contributed by atoms with Gasteiger partial charge in [-0.1, -0.05) is 41.4 Å². The highest BCUT2D eigenvalue weighted by Gasteiger charge is 2.08. The van der Waals surface area contributed by atoms with E-state index in [1.165, 1.54) is 6.07 Å². The predicted octanol–water partition coefficient (Wildman–Crippen LogP) is 7.00. The van der Waals surface area contributed by atoms with E-state index in [-0.39, 0.29) is 12.4 Å². The highest BCUT2D eigenvalue weighted by Crippen LogP contribution is 2.27. The summed E-state index contributed by atoms with van der Waals surface area (Å²) in [7, 11) is 0. The van der Waals surface area contributed by atoms with Crippen molar-refractivity contribution in [3.05, 3.63) is 93.7 Å². The van der Waals surface area contributed by atoms with Crippen LogP contribution in [0.3, 0.4) is 0 Å². The van der Waals surface area contributed by atoms with Crippen molar-refractivity contribution < 1.29 is 9.13 Å². The van der Waals surface area contributed by atoms with E-state index in [1.54, 1.807) is 23.9 Å². The molecule has 25 heavy (non-hydrogen) atoms. The largest absolute Gasteiger partial charge is 0.489 e. The molecular weight excluding hydrogens is 378 g/mol. The van der Waals surface area contributed by atoms with Crippen LogP contribution in [0.4, 0.5) is 4.39 Å². The summed E-state index contributed by atoms with van der Waals surface area (Å²) in [4.78, 5) is 1.15. The van der Waals surface area contributed by atoms with E-state index >= 15 is 0 Å². The Bertz CT molecular complexity index is 832. The minimum atomic E-state index is -0.359. The molecule has 0 aliphatic heterocycles. The first-order valence-electron chi connectivity index (χ1n) is 7.65. The lowest BCUT2D eigenvalue weighted by Crippen LogP contribution is -1.99. The summed E-state index contributed by atoms with van der Waals surface area (Å²) >= 11 is 13.6. The van der Waals surface area contributed by atoms with Gasteiger partial charge in [-0.15, -0.1) is 11.8 Å². The number of hydrogen-bond donors (Lipinski definition) is 0. The molecule has 0 fully saturated rings. The van der Waals surface area contributed by atoms with Crippen LogP contribution < -0.4 is 4.74 Å². The van der Waals surface area contributed by atoms with Gasteiger partial charge in [-0.05, 0) is 54.1 Å². The fourth-order valence-corrected chi connectivity index (χ4v) is 3.43. The smallest absolute Gasteiger partial charge is 0.131 e. The molecule has 0 unspecified atom stereocenters. The van der Waals surface area contributed by atoms with E-state index in [0.717, 1.165) is 21.2 Å². The molecule has 3 aromatic rings. The third kappa shape index (κ3) is 5.15. The summed E-state index contributed by atoms with van der Waals surface area (Å²) in [5.74, 6) is 1.13. The molecule has 0 spiro atoms. The van der Waals surface area contributed by atoms with Gasteiger partial charge in [0.05, 0.1) is 5.02 Å². The highest BCUT2D eigenvalue weighted by atomic mass is 35.5. The molecule has 3 aromatic carbocycles. The van der Waals surface area contributed by atoms with Crippen molar-refractivity contribution in [2.24, 2.45) is 0 Å². The van der Waals surface area contributed by atoms with Gasteiger partial charge < -0.3 is 4.74 Å². The Kier molecular flexibility index (Phi) is 6.24. The van der Waals surface area contributed by atoms with Crippen molar-refractivity contribution >= 4 is 35.0 Å². The van der Waals surface area contributed by atoms with Crippen LogP contribution in [0.15, 0.2) is 71.6 Å². The first kappa shape index (κ1) is 18.1. The van der Waals surface area contributed by atoms with E-state index in [2.05, 4.69) is 0 Å². The van der Waals surface area contributed by atoms with Crippen molar-refractivity contribution in [2.45, 2.75) is 17.3 Å². The fourth-order valence-electron chi connectivity index (χ4n) is 2.25. The lowest BCUT2D eigenvalue weighted by atomic mass is 10.2. The molecule has 0 atom stereocenters. The molecule has 5 heteroatoms. The molecule has 1 nitrogen and oxygen atoms in total. The molecule has 0 aromatic heterocycles. The average Bonchev–Trinajstić information content (AvgIpc) is 2.61. The van der Waals surface area contributed by atoms with E-state index in [9.17, 15) is 4.39 Å². The third-order valence-electron chi connectivity index (χ3n) is 3.56. The van der Waals surface area contributed by atoms with Crippen molar-refractivity contribution in [1.29, 1.82) is 0 Å². The van der Waals surface area contributed by atoms with E-state index < -0.39 is 0 Å². The SMILES string of the molecule is Fc1cccc(Cl)c1COc1cccc(CSc2ccc(Cl)cc2)c1. The summed E-state index contributed by atoms with van der Waals surface area (Å²) in [6, 6.07) is 20.1. The van der Waals surface area contributed by atoms with Gasteiger partial charge in [-0.25, -0.2) is 4.39 Å². The lowest BCUT2D eigenvalue weighted by Gasteiger charge is -2.10. The van der Waals surface area contributed by atoms with E-state index in [1.807, 2.05) is 48.5 Å². The van der Waals surface area contributed by atoms with E-state index in [0.29, 0.717) is 16.3 Å². The maximum absolute atomic E-state index is 13.8. The molecule has 0 radical (unpaired) electrons. The van der Waals surface area contributed by atoms with Crippen molar-refractivity contribution in [3.8, 4) is 5.75 Å². The fraction of sp³-hybridized carbons (Fsp3) is 0.100. The first-order valence-corrected chi connectivity index (χ1v) is 9.39. The number of halogens is 3. The van der Waals surface area contributed by atoms with Crippen LogP contribution in [-0.4, -0.2) is 0 Å². The number of rotatable bonds is 6. The standard InChI is InChI=1S/C20H15Cl2FOS/c21-15-7-9-17(10-8-15)25-13-14-3-1-4-16(11-14)24-12-18-19(22)5-2-6-20(18)23/h1-11H,12-13H2. The molecule has 0 saturated carbocycles. The zero-order valence-corrected chi connectivity index (χ0v) is 15.5. The Hall–Kier alpha value is -1.68. The Morgan fingerprint density at radius 3 is 2.44 bits per heavy atom. The minimum absolute atomic E-state index is 0.0965. The molecule has 128 valence electrons. The quantitative estimate of drug-likeness (QED) is 0.417. The molecular formula is C20H15Cl2FOS. The van der Waals surface area contributed by atoms with Crippen LogP contribution in [0.2, 0.25) is 10.0 Å². The van der Waals surface area contributed by atoms with Gasteiger partial charge in [0.25, 0.3) is 0 Å². The minimum Gasteiger partial charge on any atom is -0.489 e. The Balaban J connectivity index is 1.62. The molecule has 0 bridgehead atoms. The average molecular weight is 393 g/mol. The summed E-state index contributed by atoms with van der Waals surface area (Å²) in [5.41, 5.74) is 1.49. The number of benzene rings is 3. The second-order valence-electron chi connectivity index (χ2n) is 5.38. The first-order chi connectivity index (χ1) is 12.1. The summed E-state index contributed by atoms with van der Waals surface area (Å²) < 4.78 is 19.5. The number of thioether (sulfide) groups is 1. The van der Waals surface area contributed by atoms with Crippen LogP contribution in [0.5, 0.6) is 5.75 Å². The molecule has 0 aliphatic rings. The van der Waals surface area contributed by atoms with Gasteiger partial charge in [0.1, 0.15) is 18.2 Å². The van der Waals surface area contributed by atoms with Crippen molar-refractivity contribution in [2.75, 3.05) is 0 Å². The normalized spacial score (nSPS) is 10.7. The Labute approximate surface area is 160 Å². The van der Waals surface area contributed by atoms with Gasteiger partial charge in [-0.3, -0.25) is 0 Å². The molecule has 0 heterocycles. The Morgan fingerprint density at radius 2 is 1.68 bits per heavy atom. The lowest BCUT2D eigenvalue weighted by molar-refractivity contribution is 0.300. The monoisotopic (exact) mass is 392 g/mol. The molecule has 0 aliphatic carbocycles. The summed E-state index contributed by atoms with van der Waals surface area (Å²) in [5, 5.41) is 1.10. The second-order valence-corrected chi connectivity index (χ2v) is 7.27. The van der Waals surface area contributed by atoms with Crippen LogP contribution in [-0.2, 0) is 12.4 Å². The van der Waals surface area contributed by atoms with Gasteiger partial charge in [0, 0.05) is 21.2 Å².